The molecule has 2 fully saturated rings. The Balaban J connectivity index is 1.78. The molecule has 6 nitrogen and oxygen atoms in total. The molecule has 0 unspecified atom stereocenters. The van der Waals surface area contributed by atoms with Gasteiger partial charge in [0.1, 0.15) is 0 Å². The number of carbonyl (C=O) groups is 2. The van der Waals surface area contributed by atoms with Gasteiger partial charge in [-0.1, -0.05) is 36.4 Å². The number of nitrogens with zero attached hydrogens (tertiary/aromatic N) is 1. The fourth-order valence-electron chi connectivity index (χ4n) is 4.02. The average molecular weight is 386 g/mol. The molecule has 152 valence electrons. The second kappa shape index (κ2) is 8.78. The van der Waals surface area contributed by atoms with E-state index in [0.29, 0.717) is 6.54 Å². The molecule has 0 bridgehead atoms. The van der Waals surface area contributed by atoms with Gasteiger partial charge in [0.2, 0.25) is 5.91 Å². The summed E-state index contributed by atoms with van der Waals surface area (Å²) in [5, 5.41) is 15.7. The van der Waals surface area contributed by atoms with Crippen LogP contribution >= 0.6 is 0 Å². The van der Waals surface area contributed by atoms with E-state index in [1.807, 2.05) is 45.1 Å². The molecule has 1 aromatic carbocycles. The van der Waals surface area contributed by atoms with Crippen LogP contribution in [0.3, 0.4) is 0 Å². The quantitative estimate of drug-likeness (QED) is 0.674. The number of hydrogen-bond acceptors (Lipinski definition) is 3. The van der Waals surface area contributed by atoms with Crippen molar-refractivity contribution in [1.29, 1.82) is 0 Å². The van der Waals surface area contributed by atoms with Crippen LogP contribution in [0.1, 0.15) is 50.7 Å². The summed E-state index contributed by atoms with van der Waals surface area (Å²) in [6, 6.07) is 7.65. The second-order valence-electron chi connectivity index (χ2n) is 8.04. The maximum absolute atomic E-state index is 12.8. The van der Waals surface area contributed by atoms with E-state index in [9.17, 15) is 14.7 Å². The van der Waals surface area contributed by atoms with Gasteiger partial charge in [-0.2, -0.15) is 0 Å². The van der Waals surface area contributed by atoms with Crippen LogP contribution in [0.5, 0.6) is 0 Å². The number of allylic oxidation sites excluding steroid dienone is 1. The van der Waals surface area contributed by atoms with E-state index in [2.05, 4.69) is 22.8 Å². The lowest BCUT2D eigenvalue weighted by atomic mass is 9.74. The second-order valence-corrected chi connectivity index (χ2v) is 8.04. The lowest BCUT2D eigenvalue weighted by molar-refractivity contribution is -0.151. The Morgan fingerprint density at radius 3 is 2.43 bits per heavy atom. The maximum Gasteiger partial charge on any atom is 0.315 e. The molecule has 1 heterocycles. The van der Waals surface area contributed by atoms with E-state index in [1.165, 1.54) is 0 Å². The fraction of sp³-hybridized carbons (Fsp3) is 0.545. The van der Waals surface area contributed by atoms with Gasteiger partial charge in [-0.05, 0) is 44.7 Å². The predicted molar refractivity (Wildman–Crippen MR) is 110 cm³/mol. The first-order valence-corrected chi connectivity index (χ1v) is 10.2. The van der Waals surface area contributed by atoms with Gasteiger partial charge in [0.15, 0.2) is 0 Å². The number of aliphatic hydroxyl groups is 1. The van der Waals surface area contributed by atoms with Crippen molar-refractivity contribution in [1.82, 2.24) is 15.5 Å². The number of benzene rings is 1. The molecule has 1 aliphatic heterocycles. The van der Waals surface area contributed by atoms with E-state index < -0.39 is 0 Å². The minimum Gasteiger partial charge on any atom is -0.394 e. The molecule has 3 atom stereocenters. The van der Waals surface area contributed by atoms with Gasteiger partial charge in [-0.3, -0.25) is 4.79 Å². The highest BCUT2D eigenvalue weighted by Gasteiger charge is 2.53. The van der Waals surface area contributed by atoms with E-state index >= 15 is 0 Å². The molecule has 1 saturated heterocycles. The number of likely N-dealkylation sites (tertiary alicyclic amines) is 1. The van der Waals surface area contributed by atoms with Crippen molar-refractivity contribution in [3.63, 3.8) is 0 Å². The van der Waals surface area contributed by atoms with Crippen LogP contribution in [0.15, 0.2) is 30.3 Å². The lowest BCUT2D eigenvalue weighted by Crippen LogP contribution is -2.69. The molecule has 3 amide bonds. The van der Waals surface area contributed by atoms with Crippen molar-refractivity contribution >= 4 is 18.0 Å². The van der Waals surface area contributed by atoms with Crippen molar-refractivity contribution in [3.8, 4) is 0 Å². The summed E-state index contributed by atoms with van der Waals surface area (Å²) in [7, 11) is 0. The number of hydrogen-bond donors (Lipinski definition) is 3. The normalized spacial score (nSPS) is 24.3. The number of aliphatic hydroxyl groups excluding tert-OH is 1. The van der Waals surface area contributed by atoms with Crippen LogP contribution in [0.25, 0.3) is 6.08 Å². The zero-order valence-electron chi connectivity index (χ0n) is 16.9. The van der Waals surface area contributed by atoms with Crippen molar-refractivity contribution in [3.05, 3.63) is 41.5 Å². The highest BCUT2D eigenvalue weighted by atomic mass is 16.3. The Morgan fingerprint density at radius 1 is 1.21 bits per heavy atom. The first-order valence-electron chi connectivity index (χ1n) is 10.2. The van der Waals surface area contributed by atoms with Crippen LogP contribution in [-0.2, 0) is 4.79 Å². The summed E-state index contributed by atoms with van der Waals surface area (Å²) in [4.78, 5) is 26.6. The van der Waals surface area contributed by atoms with Gasteiger partial charge in [0, 0.05) is 24.4 Å². The van der Waals surface area contributed by atoms with Crippen LogP contribution in [-0.4, -0.2) is 53.2 Å². The Labute approximate surface area is 167 Å². The van der Waals surface area contributed by atoms with E-state index in [-0.39, 0.29) is 48.5 Å². The van der Waals surface area contributed by atoms with E-state index in [4.69, 9.17) is 0 Å². The van der Waals surface area contributed by atoms with Crippen molar-refractivity contribution in [2.45, 2.75) is 57.7 Å². The molecule has 3 N–H and O–H groups in total. The summed E-state index contributed by atoms with van der Waals surface area (Å²) >= 11 is 0. The first-order chi connectivity index (χ1) is 13.5. The highest BCUT2D eigenvalue weighted by Crippen LogP contribution is 2.44. The largest absolute Gasteiger partial charge is 0.394 e. The number of nitrogens with one attached hydrogen (secondary N) is 2. The van der Waals surface area contributed by atoms with Crippen LogP contribution < -0.4 is 10.6 Å². The Kier molecular flexibility index (Phi) is 6.39. The molecule has 3 rings (SSSR count). The number of urea groups is 1. The molecule has 1 saturated carbocycles. The monoisotopic (exact) mass is 385 g/mol. The third-order valence-electron chi connectivity index (χ3n) is 5.48. The topological polar surface area (TPSA) is 81.7 Å². The van der Waals surface area contributed by atoms with Gasteiger partial charge in [0.25, 0.3) is 0 Å². The van der Waals surface area contributed by atoms with Gasteiger partial charge < -0.3 is 20.6 Å². The summed E-state index contributed by atoms with van der Waals surface area (Å²) in [5.41, 5.74) is 2.20. The van der Waals surface area contributed by atoms with E-state index in [0.717, 1.165) is 24.0 Å². The van der Waals surface area contributed by atoms with Crippen molar-refractivity contribution < 1.29 is 14.7 Å². The summed E-state index contributed by atoms with van der Waals surface area (Å²) < 4.78 is 0. The number of amides is 3. The van der Waals surface area contributed by atoms with Crippen molar-refractivity contribution in [2.75, 3.05) is 13.2 Å². The molecule has 0 radical (unpaired) electrons. The zero-order valence-corrected chi connectivity index (χ0v) is 16.9. The van der Waals surface area contributed by atoms with Crippen molar-refractivity contribution in [2.24, 2.45) is 5.92 Å². The number of carbonyl (C=O) groups excluding carboxylic acids is 2. The molecular formula is C22H31N3O3. The van der Waals surface area contributed by atoms with E-state index in [1.54, 1.807) is 4.90 Å². The highest BCUT2D eigenvalue weighted by molar-refractivity contribution is 5.83. The van der Waals surface area contributed by atoms with Crippen LogP contribution in [0, 0.1) is 5.92 Å². The lowest BCUT2D eigenvalue weighted by Gasteiger charge is -2.55. The molecule has 2 aliphatic rings. The smallest absolute Gasteiger partial charge is 0.315 e. The average Bonchev–Trinajstić information content (AvgIpc) is 3.47. The summed E-state index contributed by atoms with van der Waals surface area (Å²) in [5.74, 6) is 0.197. The van der Waals surface area contributed by atoms with Gasteiger partial charge >= 0.3 is 6.03 Å². The summed E-state index contributed by atoms with van der Waals surface area (Å²) in [6.07, 6.45) is 5.87. The van der Waals surface area contributed by atoms with Gasteiger partial charge in [-0.25, -0.2) is 4.79 Å². The minimum absolute atomic E-state index is 0.00621. The molecule has 6 heteroatoms. The fourth-order valence-corrected chi connectivity index (χ4v) is 4.02. The Morgan fingerprint density at radius 2 is 1.89 bits per heavy atom. The molecular weight excluding hydrogens is 354 g/mol. The number of rotatable bonds is 7. The molecule has 1 aromatic rings. The molecule has 1 aliphatic carbocycles. The summed E-state index contributed by atoms with van der Waals surface area (Å²) in [6.45, 7) is 6.08. The molecule has 0 aromatic heterocycles. The predicted octanol–water partition coefficient (Wildman–Crippen LogP) is 2.49. The maximum atomic E-state index is 12.8. The Hall–Kier alpha value is -2.34. The standard InChI is InChI=1S/C22H31N3O3/c1-4-5-15-6-8-16(9-7-15)20-18(12-23-22(28)24-14(2)3)25(19(20)13-26)21(27)17-10-11-17/h4-9,14,17-20,26H,10-13H2,1-3H3,(H2,23,24,28)/b5-4+/t18-,19-,20-/m1/s1. The third kappa shape index (κ3) is 4.38. The minimum atomic E-state index is -0.236. The van der Waals surface area contributed by atoms with Gasteiger partial charge in [0.05, 0.1) is 18.7 Å². The van der Waals surface area contributed by atoms with Crippen LogP contribution in [0.2, 0.25) is 0 Å². The SMILES string of the molecule is C/C=C/c1ccc([C@H]2[C@@H](CO)N(C(=O)C3CC3)[C@@H]2CNC(=O)NC(C)C)cc1. The third-order valence-corrected chi connectivity index (χ3v) is 5.48. The molecule has 0 spiro atoms. The first kappa shape index (κ1) is 20.4. The van der Waals surface area contributed by atoms with Crippen LogP contribution in [0.4, 0.5) is 4.79 Å². The molecule has 28 heavy (non-hydrogen) atoms. The zero-order chi connectivity index (χ0) is 20.3. The Bertz CT molecular complexity index is 725. The van der Waals surface area contributed by atoms with Gasteiger partial charge in [-0.15, -0.1) is 0 Å².